The van der Waals surface area contributed by atoms with Crippen molar-refractivity contribution in [2.45, 2.75) is 24.8 Å². The first-order valence-corrected chi connectivity index (χ1v) is 12.7. The zero-order valence-corrected chi connectivity index (χ0v) is 21.6. The Bertz CT molecular complexity index is 1460. The van der Waals surface area contributed by atoms with Crippen molar-refractivity contribution in [1.29, 1.82) is 0 Å². The molecular formula is C23H20F3N7O3S2. The quantitative estimate of drug-likeness (QED) is 0.292. The molecule has 0 aliphatic carbocycles. The average molecular weight is 564 g/mol. The molecule has 15 heteroatoms. The van der Waals surface area contributed by atoms with Crippen LogP contribution in [0, 0.1) is 6.92 Å². The number of carbonyl (C=O) groups excluding carboxylic acids is 2. The summed E-state index contributed by atoms with van der Waals surface area (Å²) < 4.78 is 47.1. The predicted molar refractivity (Wildman–Crippen MR) is 135 cm³/mol. The summed E-state index contributed by atoms with van der Waals surface area (Å²) in [6, 6.07) is 11.4. The molecule has 0 fully saturated rings. The van der Waals surface area contributed by atoms with Gasteiger partial charge in [0.25, 0.3) is 5.91 Å². The van der Waals surface area contributed by atoms with Gasteiger partial charge in [0.2, 0.25) is 11.0 Å². The number of nitrogens with one attached hydrogen (secondary N) is 2. The Labute approximate surface area is 222 Å². The van der Waals surface area contributed by atoms with Gasteiger partial charge < -0.3 is 10.1 Å². The Hall–Kier alpha value is -3.98. The van der Waals surface area contributed by atoms with Crippen molar-refractivity contribution in [3.05, 3.63) is 70.5 Å². The molecule has 2 heterocycles. The van der Waals surface area contributed by atoms with Crippen LogP contribution in [0.25, 0.3) is 5.69 Å². The molecule has 4 rings (SSSR count). The number of rotatable bonds is 9. The van der Waals surface area contributed by atoms with E-state index in [9.17, 15) is 22.8 Å². The number of hydrogen-bond acceptors (Lipinski definition) is 9. The molecule has 0 atom stereocenters. The van der Waals surface area contributed by atoms with Gasteiger partial charge in [0.05, 0.1) is 36.2 Å². The number of aromatic nitrogens is 5. The Balaban J connectivity index is 1.57. The number of halogens is 3. The van der Waals surface area contributed by atoms with Gasteiger partial charge in [0, 0.05) is 0 Å². The summed E-state index contributed by atoms with van der Waals surface area (Å²) in [6.45, 7) is 1.52. The lowest BCUT2D eigenvalue weighted by atomic mass is 10.1. The first-order chi connectivity index (χ1) is 18.2. The maximum atomic E-state index is 13.4. The van der Waals surface area contributed by atoms with Gasteiger partial charge >= 0.3 is 6.18 Å². The fourth-order valence-electron chi connectivity index (χ4n) is 3.38. The van der Waals surface area contributed by atoms with Crippen LogP contribution in [0.4, 0.5) is 18.3 Å². The predicted octanol–water partition coefficient (Wildman–Crippen LogP) is 4.12. The van der Waals surface area contributed by atoms with Gasteiger partial charge in [-0.1, -0.05) is 47.4 Å². The summed E-state index contributed by atoms with van der Waals surface area (Å²) in [5, 5.41) is 22.5. The fourth-order valence-corrected chi connectivity index (χ4v) is 4.75. The molecule has 10 nitrogen and oxygen atoms in total. The van der Waals surface area contributed by atoms with Crippen LogP contribution in [0.15, 0.2) is 53.7 Å². The number of hydrogen-bond donors (Lipinski definition) is 2. The molecule has 0 unspecified atom stereocenters. The zero-order chi connectivity index (χ0) is 27.3. The molecule has 198 valence electrons. The van der Waals surface area contributed by atoms with E-state index in [-0.39, 0.29) is 24.0 Å². The lowest BCUT2D eigenvalue weighted by molar-refractivity contribution is -0.138. The molecule has 0 saturated heterocycles. The minimum Gasteiger partial charge on any atom is -0.495 e. The number of para-hydroxylation sites is 2. The Kier molecular flexibility index (Phi) is 8.26. The fraction of sp³-hybridized carbons (Fsp3) is 0.217. The summed E-state index contributed by atoms with van der Waals surface area (Å²) in [5.41, 5.74) is -1.04. The van der Waals surface area contributed by atoms with E-state index >= 15 is 0 Å². The molecule has 0 aliphatic heterocycles. The summed E-state index contributed by atoms with van der Waals surface area (Å²) >= 11 is 2.30. The molecular weight excluding hydrogens is 543 g/mol. The van der Waals surface area contributed by atoms with Gasteiger partial charge in [0.15, 0.2) is 11.0 Å². The Morgan fingerprint density at radius 2 is 1.79 bits per heavy atom. The third-order valence-electron chi connectivity index (χ3n) is 5.02. The van der Waals surface area contributed by atoms with Crippen molar-refractivity contribution in [2.24, 2.45) is 0 Å². The molecule has 38 heavy (non-hydrogen) atoms. The smallest absolute Gasteiger partial charge is 0.417 e. The molecule has 2 aromatic heterocycles. The molecule has 2 aromatic carbocycles. The highest BCUT2D eigenvalue weighted by atomic mass is 32.2. The lowest BCUT2D eigenvalue weighted by Crippen LogP contribution is -2.27. The second-order valence-electron chi connectivity index (χ2n) is 7.60. The number of amides is 2. The second-order valence-corrected chi connectivity index (χ2v) is 9.72. The average Bonchev–Trinajstić information content (AvgIpc) is 3.50. The van der Waals surface area contributed by atoms with E-state index < -0.39 is 23.2 Å². The van der Waals surface area contributed by atoms with Gasteiger partial charge in [-0.3, -0.25) is 19.5 Å². The number of alkyl halides is 3. The number of ether oxygens (including phenoxy) is 1. The largest absolute Gasteiger partial charge is 0.495 e. The third kappa shape index (κ3) is 6.28. The van der Waals surface area contributed by atoms with Gasteiger partial charge in [-0.15, -0.1) is 20.4 Å². The van der Waals surface area contributed by atoms with Crippen molar-refractivity contribution in [3.63, 3.8) is 0 Å². The molecule has 0 radical (unpaired) electrons. The van der Waals surface area contributed by atoms with E-state index in [1.165, 1.54) is 30.6 Å². The van der Waals surface area contributed by atoms with E-state index in [2.05, 4.69) is 31.0 Å². The summed E-state index contributed by atoms with van der Waals surface area (Å²) in [5.74, 6) is -0.641. The Morgan fingerprint density at radius 3 is 2.50 bits per heavy atom. The van der Waals surface area contributed by atoms with Crippen LogP contribution in [0.2, 0.25) is 0 Å². The lowest BCUT2D eigenvalue weighted by Gasteiger charge is -2.15. The van der Waals surface area contributed by atoms with Crippen LogP contribution in [0.1, 0.15) is 26.8 Å². The van der Waals surface area contributed by atoms with E-state index in [0.29, 0.717) is 26.7 Å². The summed E-state index contributed by atoms with van der Waals surface area (Å²) in [4.78, 5) is 25.1. The monoisotopic (exact) mass is 563 g/mol. The van der Waals surface area contributed by atoms with Crippen molar-refractivity contribution in [2.75, 3.05) is 18.2 Å². The summed E-state index contributed by atoms with van der Waals surface area (Å²) in [6.07, 6.45) is -4.69. The van der Waals surface area contributed by atoms with Crippen molar-refractivity contribution in [3.8, 4) is 11.4 Å². The van der Waals surface area contributed by atoms with Gasteiger partial charge in [-0.2, -0.15) is 13.2 Å². The highest BCUT2D eigenvalue weighted by Gasteiger charge is 2.35. The number of anilines is 1. The first-order valence-electron chi connectivity index (χ1n) is 10.9. The van der Waals surface area contributed by atoms with Crippen LogP contribution >= 0.6 is 23.1 Å². The zero-order valence-electron chi connectivity index (χ0n) is 19.9. The third-order valence-corrected chi connectivity index (χ3v) is 6.70. The number of benzene rings is 2. The number of methoxy groups -OCH3 is 1. The topological polar surface area (TPSA) is 124 Å². The Morgan fingerprint density at radius 1 is 1.05 bits per heavy atom. The maximum absolute atomic E-state index is 13.4. The molecule has 0 spiro atoms. The highest BCUT2D eigenvalue weighted by Crippen LogP contribution is 2.32. The first kappa shape index (κ1) is 27.1. The molecule has 4 aromatic rings. The van der Waals surface area contributed by atoms with E-state index in [4.69, 9.17) is 4.74 Å². The normalized spacial score (nSPS) is 11.3. The number of thioether (sulfide) groups is 1. The van der Waals surface area contributed by atoms with Crippen molar-refractivity contribution >= 4 is 40.0 Å². The molecule has 2 N–H and O–H groups in total. The van der Waals surface area contributed by atoms with Crippen LogP contribution in [0.5, 0.6) is 5.75 Å². The molecule has 0 bridgehead atoms. The van der Waals surface area contributed by atoms with Gasteiger partial charge in [-0.25, -0.2) is 0 Å². The standard InChI is InChI=1S/C23H20F3N7O3S2/c1-13-29-31-21(38-13)28-19(34)12-37-22-32-30-18(33(22)16-9-5-6-10-17(16)36-2)11-27-20(35)14-7-3-4-8-15(14)23(24,25)26/h3-10H,11-12H2,1-2H3,(H,27,35)(H,28,31,34). The van der Waals surface area contributed by atoms with Gasteiger partial charge in [0.1, 0.15) is 10.8 Å². The van der Waals surface area contributed by atoms with Crippen LogP contribution in [0.3, 0.4) is 0 Å². The highest BCUT2D eigenvalue weighted by molar-refractivity contribution is 7.99. The minimum atomic E-state index is -4.69. The minimum absolute atomic E-state index is 0.0444. The molecule has 2 amide bonds. The summed E-state index contributed by atoms with van der Waals surface area (Å²) in [7, 11) is 1.48. The van der Waals surface area contributed by atoms with Crippen LogP contribution < -0.4 is 15.4 Å². The number of carbonyl (C=O) groups is 2. The van der Waals surface area contributed by atoms with Gasteiger partial charge in [-0.05, 0) is 31.2 Å². The maximum Gasteiger partial charge on any atom is 0.417 e. The van der Waals surface area contributed by atoms with E-state index in [0.717, 1.165) is 23.9 Å². The van der Waals surface area contributed by atoms with Crippen molar-refractivity contribution < 1.29 is 27.5 Å². The molecule has 0 aliphatic rings. The SMILES string of the molecule is COc1ccccc1-n1c(CNC(=O)c2ccccc2C(F)(F)F)nnc1SCC(=O)Nc1nnc(C)s1. The van der Waals surface area contributed by atoms with E-state index in [1.54, 1.807) is 35.8 Å². The molecule has 0 saturated carbocycles. The van der Waals surface area contributed by atoms with Crippen LogP contribution in [-0.2, 0) is 17.5 Å². The second kappa shape index (κ2) is 11.6. The van der Waals surface area contributed by atoms with Crippen LogP contribution in [-0.4, -0.2) is 49.6 Å². The number of aryl methyl sites for hydroxylation is 1. The number of nitrogens with zero attached hydrogens (tertiary/aromatic N) is 5. The van der Waals surface area contributed by atoms with Crippen molar-refractivity contribution in [1.82, 2.24) is 30.3 Å². The van der Waals surface area contributed by atoms with E-state index in [1.807, 2.05) is 0 Å².